The number of carbonyl (C=O) groups is 2. The van der Waals surface area contributed by atoms with Gasteiger partial charge in [-0.25, -0.2) is 4.79 Å². The molecule has 1 rings (SSSR count). The van der Waals surface area contributed by atoms with E-state index in [-0.39, 0.29) is 0 Å². The number of nitrogens with one attached hydrogen (secondary N) is 1. The van der Waals surface area contributed by atoms with Crippen LogP contribution in [0.15, 0.2) is 18.2 Å². The molecule has 0 fully saturated rings. The topological polar surface area (TPSA) is 66.4 Å². The lowest BCUT2D eigenvalue weighted by atomic mass is 9.95. The molecule has 0 radical (unpaired) electrons. The zero-order valence-corrected chi connectivity index (χ0v) is 12.0. The molecule has 2 N–H and O–H groups in total. The van der Waals surface area contributed by atoms with E-state index in [1.165, 1.54) is 6.92 Å². The van der Waals surface area contributed by atoms with Crippen LogP contribution in [0.25, 0.3) is 0 Å². The van der Waals surface area contributed by atoms with Gasteiger partial charge in [0.25, 0.3) is 5.91 Å². The Morgan fingerprint density at radius 1 is 1.42 bits per heavy atom. The second-order valence-electron chi connectivity index (χ2n) is 4.75. The van der Waals surface area contributed by atoms with Crippen LogP contribution in [0.5, 0.6) is 0 Å². The van der Waals surface area contributed by atoms with E-state index in [0.29, 0.717) is 29.0 Å². The summed E-state index contributed by atoms with van der Waals surface area (Å²) in [5, 5.41) is 12.3. The molecule has 104 valence electrons. The van der Waals surface area contributed by atoms with Crippen LogP contribution in [0.4, 0.5) is 0 Å². The van der Waals surface area contributed by atoms with Crippen molar-refractivity contribution in [2.24, 2.45) is 0 Å². The first kappa shape index (κ1) is 15.5. The van der Waals surface area contributed by atoms with Crippen LogP contribution in [0.1, 0.15) is 42.6 Å². The van der Waals surface area contributed by atoms with Crippen LogP contribution in [-0.2, 0) is 4.79 Å². The molecule has 0 saturated carbocycles. The fourth-order valence-electron chi connectivity index (χ4n) is 1.89. The smallest absolute Gasteiger partial charge is 0.329 e. The molecule has 4 nitrogen and oxygen atoms in total. The van der Waals surface area contributed by atoms with Crippen molar-refractivity contribution in [3.05, 3.63) is 34.3 Å². The van der Waals surface area contributed by atoms with Crippen molar-refractivity contribution in [1.82, 2.24) is 5.32 Å². The summed E-state index contributed by atoms with van der Waals surface area (Å²) in [6.45, 7) is 5.11. The molecular formula is C14H18ClNO3. The first-order valence-electron chi connectivity index (χ1n) is 6.13. The van der Waals surface area contributed by atoms with E-state index in [9.17, 15) is 14.7 Å². The molecule has 0 aliphatic heterocycles. The van der Waals surface area contributed by atoms with E-state index in [1.54, 1.807) is 25.1 Å². The normalized spacial score (nSPS) is 13.7. The third-order valence-electron chi connectivity index (χ3n) is 3.12. The van der Waals surface area contributed by atoms with Crippen molar-refractivity contribution in [3.8, 4) is 0 Å². The predicted octanol–water partition coefficient (Wildman–Crippen LogP) is 3.02. The van der Waals surface area contributed by atoms with E-state index in [0.717, 1.165) is 0 Å². The number of benzene rings is 1. The molecule has 0 aromatic heterocycles. The minimum Gasteiger partial charge on any atom is -0.480 e. The number of carbonyl (C=O) groups excluding carboxylic acids is 1. The summed E-state index contributed by atoms with van der Waals surface area (Å²) in [4.78, 5) is 23.5. The SMILES string of the molecule is CCCC(C)(NC(=O)c1cccc(Cl)c1C)C(=O)O. The van der Waals surface area contributed by atoms with Gasteiger partial charge < -0.3 is 10.4 Å². The first-order chi connectivity index (χ1) is 8.81. The minimum absolute atomic E-state index is 0.369. The Bertz CT molecular complexity index is 501. The van der Waals surface area contributed by atoms with Gasteiger partial charge in [0.1, 0.15) is 5.54 Å². The molecule has 1 unspecified atom stereocenters. The molecule has 0 heterocycles. The van der Waals surface area contributed by atoms with Gasteiger partial charge in [-0.05, 0) is 38.0 Å². The average molecular weight is 284 g/mol. The highest BCUT2D eigenvalue weighted by Gasteiger charge is 2.34. The first-order valence-corrected chi connectivity index (χ1v) is 6.50. The van der Waals surface area contributed by atoms with Crippen LogP contribution in [-0.4, -0.2) is 22.5 Å². The standard InChI is InChI=1S/C14H18ClNO3/c1-4-8-14(3,13(18)19)16-12(17)10-6-5-7-11(15)9(10)2/h5-7H,4,8H2,1-3H3,(H,16,17)(H,18,19). The summed E-state index contributed by atoms with van der Waals surface area (Å²) in [6, 6.07) is 4.99. The lowest BCUT2D eigenvalue weighted by molar-refractivity contribution is -0.144. The molecule has 0 aliphatic rings. The van der Waals surface area contributed by atoms with E-state index in [4.69, 9.17) is 11.6 Å². The number of carboxylic acids is 1. The molecule has 1 aromatic rings. The predicted molar refractivity (Wildman–Crippen MR) is 74.6 cm³/mol. The molecule has 1 aromatic carbocycles. The second kappa shape index (κ2) is 6.06. The van der Waals surface area contributed by atoms with Gasteiger partial charge in [0.15, 0.2) is 0 Å². The fourth-order valence-corrected chi connectivity index (χ4v) is 2.07. The van der Waals surface area contributed by atoms with E-state index in [2.05, 4.69) is 5.32 Å². The Labute approximate surface area is 117 Å². The van der Waals surface area contributed by atoms with Crippen LogP contribution in [0.3, 0.4) is 0 Å². The number of amides is 1. The maximum atomic E-state index is 12.2. The van der Waals surface area contributed by atoms with Crippen molar-refractivity contribution in [2.75, 3.05) is 0 Å². The average Bonchev–Trinajstić information content (AvgIpc) is 2.32. The Morgan fingerprint density at radius 3 is 2.58 bits per heavy atom. The van der Waals surface area contributed by atoms with Crippen LogP contribution in [0, 0.1) is 6.92 Å². The fraction of sp³-hybridized carbons (Fsp3) is 0.429. The second-order valence-corrected chi connectivity index (χ2v) is 5.16. The van der Waals surface area contributed by atoms with Gasteiger partial charge in [-0.2, -0.15) is 0 Å². The molecule has 1 atom stereocenters. The summed E-state index contributed by atoms with van der Waals surface area (Å²) in [7, 11) is 0. The molecule has 5 heteroatoms. The quantitative estimate of drug-likeness (QED) is 0.873. The molecule has 0 bridgehead atoms. The van der Waals surface area contributed by atoms with Gasteiger partial charge in [-0.15, -0.1) is 0 Å². The van der Waals surface area contributed by atoms with Gasteiger partial charge in [0, 0.05) is 10.6 Å². The van der Waals surface area contributed by atoms with Crippen molar-refractivity contribution in [1.29, 1.82) is 0 Å². The number of aliphatic carboxylic acids is 1. The zero-order valence-electron chi connectivity index (χ0n) is 11.3. The molecular weight excluding hydrogens is 266 g/mol. The molecule has 0 spiro atoms. The van der Waals surface area contributed by atoms with Crippen LogP contribution >= 0.6 is 11.6 Å². The third-order valence-corrected chi connectivity index (χ3v) is 3.53. The van der Waals surface area contributed by atoms with Crippen molar-refractivity contribution < 1.29 is 14.7 Å². The third kappa shape index (κ3) is 3.47. The van der Waals surface area contributed by atoms with Crippen LogP contribution in [0.2, 0.25) is 5.02 Å². The van der Waals surface area contributed by atoms with Crippen molar-refractivity contribution >= 4 is 23.5 Å². The Balaban J connectivity index is 3.01. The molecule has 0 aliphatic carbocycles. The highest BCUT2D eigenvalue weighted by atomic mass is 35.5. The number of hydrogen-bond donors (Lipinski definition) is 2. The zero-order chi connectivity index (χ0) is 14.6. The summed E-state index contributed by atoms with van der Waals surface area (Å²) in [5.41, 5.74) is -0.220. The van der Waals surface area contributed by atoms with Crippen molar-refractivity contribution in [3.63, 3.8) is 0 Å². The molecule has 0 saturated heterocycles. The van der Waals surface area contributed by atoms with Gasteiger partial charge >= 0.3 is 5.97 Å². The monoisotopic (exact) mass is 283 g/mol. The summed E-state index contributed by atoms with van der Waals surface area (Å²) < 4.78 is 0. The minimum atomic E-state index is -1.26. The van der Waals surface area contributed by atoms with Gasteiger partial charge in [-0.3, -0.25) is 4.79 Å². The molecule has 1 amide bonds. The highest BCUT2D eigenvalue weighted by molar-refractivity contribution is 6.31. The summed E-state index contributed by atoms with van der Waals surface area (Å²) in [5.74, 6) is -1.46. The van der Waals surface area contributed by atoms with E-state index < -0.39 is 17.4 Å². The Hall–Kier alpha value is -1.55. The largest absolute Gasteiger partial charge is 0.480 e. The Morgan fingerprint density at radius 2 is 2.05 bits per heavy atom. The summed E-state index contributed by atoms with van der Waals surface area (Å²) in [6.07, 6.45) is 1.03. The van der Waals surface area contributed by atoms with Gasteiger partial charge in [0.05, 0.1) is 0 Å². The van der Waals surface area contributed by atoms with Gasteiger partial charge in [-0.1, -0.05) is 31.0 Å². The van der Waals surface area contributed by atoms with Crippen molar-refractivity contribution in [2.45, 2.75) is 39.2 Å². The Kier molecular flexibility index (Phi) is 4.95. The number of halogens is 1. The lowest BCUT2D eigenvalue weighted by Gasteiger charge is -2.26. The van der Waals surface area contributed by atoms with E-state index >= 15 is 0 Å². The van der Waals surface area contributed by atoms with Crippen LogP contribution < -0.4 is 5.32 Å². The number of hydrogen-bond acceptors (Lipinski definition) is 2. The number of rotatable bonds is 5. The summed E-state index contributed by atoms with van der Waals surface area (Å²) >= 11 is 5.96. The van der Waals surface area contributed by atoms with E-state index in [1.807, 2.05) is 6.92 Å². The highest BCUT2D eigenvalue weighted by Crippen LogP contribution is 2.20. The van der Waals surface area contributed by atoms with Gasteiger partial charge in [0.2, 0.25) is 0 Å². The maximum absolute atomic E-state index is 12.2. The maximum Gasteiger partial charge on any atom is 0.329 e. The molecule has 19 heavy (non-hydrogen) atoms. The lowest BCUT2D eigenvalue weighted by Crippen LogP contribution is -2.52. The number of carboxylic acid groups (broad SMARTS) is 1.